The van der Waals surface area contributed by atoms with E-state index in [1.54, 1.807) is 42.5 Å². The van der Waals surface area contributed by atoms with E-state index in [-0.39, 0.29) is 12.8 Å². The van der Waals surface area contributed by atoms with Gasteiger partial charge in [0.05, 0.1) is 6.42 Å². The first-order valence-corrected chi connectivity index (χ1v) is 8.61. The Balaban J connectivity index is 1.63. The van der Waals surface area contributed by atoms with Crippen LogP contribution in [0.1, 0.15) is 28.8 Å². The quantitative estimate of drug-likeness (QED) is 0.498. The lowest BCUT2D eigenvalue weighted by Crippen LogP contribution is -2.41. The molecule has 2 rings (SSSR count). The number of aryl methyl sites for hydroxylation is 1. The van der Waals surface area contributed by atoms with Crippen molar-refractivity contribution in [1.82, 2.24) is 10.9 Å². The van der Waals surface area contributed by atoms with Gasteiger partial charge in [-0.1, -0.05) is 36.4 Å². The molecule has 0 aliphatic heterocycles. The van der Waals surface area contributed by atoms with Crippen molar-refractivity contribution >= 4 is 29.4 Å². The summed E-state index contributed by atoms with van der Waals surface area (Å²) in [5.41, 5.74) is 6.38. The van der Waals surface area contributed by atoms with Gasteiger partial charge in [-0.15, -0.1) is 0 Å². The van der Waals surface area contributed by atoms with Gasteiger partial charge in [-0.2, -0.15) is 0 Å². The second-order valence-electron chi connectivity index (χ2n) is 5.89. The fraction of sp³-hybridized carbons (Fsp3) is 0.200. The van der Waals surface area contributed by atoms with Crippen molar-refractivity contribution in [1.29, 1.82) is 0 Å². The maximum atomic E-state index is 11.8. The minimum atomic E-state index is -0.690. The second kappa shape index (κ2) is 10.5. The van der Waals surface area contributed by atoms with Crippen LogP contribution in [0.15, 0.2) is 54.6 Å². The number of benzene rings is 2. The molecule has 0 spiro atoms. The van der Waals surface area contributed by atoms with E-state index in [0.29, 0.717) is 11.3 Å². The first-order chi connectivity index (χ1) is 13.5. The van der Waals surface area contributed by atoms with Crippen LogP contribution in [0.5, 0.6) is 0 Å². The van der Waals surface area contributed by atoms with Crippen molar-refractivity contribution in [2.75, 3.05) is 11.9 Å². The molecule has 28 heavy (non-hydrogen) atoms. The van der Waals surface area contributed by atoms with E-state index >= 15 is 0 Å². The Kier molecular flexibility index (Phi) is 7.71. The molecule has 0 fully saturated rings. The van der Waals surface area contributed by atoms with Crippen LogP contribution < -0.4 is 16.2 Å². The maximum Gasteiger partial charge on any atom is 0.306 e. The van der Waals surface area contributed by atoms with Gasteiger partial charge in [0.25, 0.3) is 11.8 Å². The molecule has 2 aromatic carbocycles. The van der Waals surface area contributed by atoms with Gasteiger partial charge in [-0.25, -0.2) is 0 Å². The normalized spacial score (nSPS) is 9.89. The molecular weight excluding hydrogens is 362 g/mol. The largest absolute Gasteiger partial charge is 0.456 e. The number of hydrogen-bond acceptors (Lipinski definition) is 5. The van der Waals surface area contributed by atoms with Gasteiger partial charge in [0.1, 0.15) is 0 Å². The first kappa shape index (κ1) is 20.6. The highest BCUT2D eigenvalue weighted by Gasteiger charge is 2.12. The average Bonchev–Trinajstić information content (AvgIpc) is 2.71. The van der Waals surface area contributed by atoms with Crippen molar-refractivity contribution in [3.05, 3.63) is 65.7 Å². The third kappa shape index (κ3) is 6.91. The monoisotopic (exact) mass is 383 g/mol. The summed E-state index contributed by atoms with van der Waals surface area (Å²) in [5.74, 6) is -2.18. The van der Waals surface area contributed by atoms with E-state index in [2.05, 4.69) is 16.2 Å². The summed E-state index contributed by atoms with van der Waals surface area (Å²) in [6, 6.07) is 15.6. The highest BCUT2D eigenvalue weighted by molar-refractivity contribution is 5.95. The van der Waals surface area contributed by atoms with Crippen molar-refractivity contribution in [3.8, 4) is 0 Å². The molecule has 8 nitrogen and oxygen atoms in total. The fourth-order valence-electron chi connectivity index (χ4n) is 2.18. The number of hydrazine groups is 1. The summed E-state index contributed by atoms with van der Waals surface area (Å²) in [4.78, 5) is 46.9. The maximum absolute atomic E-state index is 11.8. The molecular formula is C20H21N3O5. The molecule has 3 amide bonds. The van der Waals surface area contributed by atoms with Crippen LogP contribution in [-0.2, 0) is 19.1 Å². The van der Waals surface area contributed by atoms with Crippen molar-refractivity contribution < 1.29 is 23.9 Å². The predicted molar refractivity (Wildman–Crippen MR) is 102 cm³/mol. The zero-order valence-corrected chi connectivity index (χ0v) is 15.4. The number of hydrogen-bond donors (Lipinski definition) is 3. The van der Waals surface area contributed by atoms with Crippen LogP contribution in [0.3, 0.4) is 0 Å². The van der Waals surface area contributed by atoms with Crippen molar-refractivity contribution in [3.63, 3.8) is 0 Å². The Hall–Kier alpha value is -3.68. The number of nitrogens with one attached hydrogen (secondary N) is 3. The highest BCUT2D eigenvalue weighted by atomic mass is 16.5. The first-order valence-electron chi connectivity index (χ1n) is 8.61. The number of carbonyl (C=O) groups excluding carboxylic acids is 4. The Morgan fingerprint density at radius 3 is 2.21 bits per heavy atom. The second-order valence-corrected chi connectivity index (χ2v) is 5.89. The molecule has 3 N–H and O–H groups in total. The van der Waals surface area contributed by atoms with Gasteiger partial charge in [0.2, 0.25) is 5.91 Å². The molecule has 0 aliphatic rings. The highest BCUT2D eigenvalue weighted by Crippen LogP contribution is 2.12. The van der Waals surface area contributed by atoms with E-state index in [1.807, 2.05) is 19.1 Å². The van der Waals surface area contributed by atoms with Crippen LogP contribution in [0, 0.1) is 6.92 Å². The SMILES string of the molecule is Cc1ccccc1NC(=O)COC(=O)CCC(=O)NNC(=O)c1ccccc1. The predicted octanol–water partition coefficient (Wildman–Crippen LogP) is 1.72. The smallest absolute Gasteiger partial charge is 0.306 e. The standard InChI is InChI=1S/C20H21N3O5/c1-14-7-5-6-10-16(14)21-18(25)13-28-19(26)12-11-17(24)22-23-20(27)15-8-3-2-4-9-15/h2-10H,11-13H2,1H3,(H,21,25)(H,22,24)(H,23,27). The van der Waals surface area contributed by atoms with E-state index in [9.17, 15) is 19.2 Å². The number of rotatable bonds is 7. The topological polar surface area (TPSA) is 114 Å². The number of amides is 3. The van der Waals surface area contributed by atoms with Gasteiger partial charge < -0.3 is 10.1 Å². The van der Waals surface area contributed by atoms with Gasteiger partial charge in [-0.3, -0.25) is 30.0 Å². The molecule has 0 saturated carbocycles. The summed E-state index contributed by atoms with van der Waals surface area (Å²) >= 11 is 0. The molecule has 0 aromatic heterocycles. The Morgan fingerprint density at radius 1 is 0.821 bits per heavy atom. The third-order valence-electron chi connectivity index (χ3n) is 3.69. The molecule has 2 aromatic rings. The Labute approximate surface area is 162 Å². The van der Waals surface area contributed by atoms with E-state index in [1.165, 1.54) is 0 Å². The van der Waals surface area contributed by atoms with Crippen LogP contribution in [0.4, 0.5) is 5.69 Å². The summed E-state index contributed by atoms with van der Waals surface area (Å²) in [6.07, 6.45) is -0.405. The lowest BCUT2D eigenvalue weighted by Gasteiger charge is -2.09. The van der Waals surface area contributed by atoms with Crippen LogP contribution in [0.2, 0.25) is 0 Å². The minimum Gasteiger partial charge on any atom is -0.456 e. The van der Waals surface area contributed by atoms with Crippen molar-refractivity contribution in [2.24, 2.45) is 0 Å². The van der Waals surface area contributed by atoms with Crippen LogP contribution in [0.25, 0.3) is 0 Å². The van der Waals surface area contributed by atoms with Crippen molar-refractivity contribution in [2.45, 2.75) is 19.8 Å². The third-order valence-corrected chi connectivity index (χ3v) is 3.69. The average molecular weight is 383 g/mol. The summed E-state index contributed by atoms with van der Waals surface area (Å²) < 4.78 is 4.84. The van der Waals surface area contributed by atoms with Crippen LogP contribution in [-0.4, -0.2) is 30.3 Å². The molecule has 146 valence electrons. The number of ether oxygens (including phenoxy) is 1. The zero-order valence-electron chi connectivity index (χ0n) is 15.4. The van der Waals surface area contributed by atoms with Gasteiger partial charge in [0, 0.05) is 17.7 Å². The Morgan fingerprint density at radius 2 is 1.50 bits per heavy atom. The molecule has 0 radical (unpaired) electrons. The number of anilines is 1. The van der Waals surface area contributed by atoms with E-state index in [0.717, 1.165) is 5.56 Å². The molecule has 0 heterocycles. The molecule has 0 bridgehead atoms. The number of esters is 1. The molecule has 0 unspecified atom stereocenters. The minimum absolute atomic E-state index is 0.187. The lowest BCUT2D eigenvalue weighted by atomic mass is 10.2. The number of para-hydroxylation sites is 1. The van der Waals surface area contributed by atoms with Gasteiger partial charge >= 0.3 is 5.97 Å². The molecule has 0 atom stereocenters. The van der Waals surface area contributed by atoms with Gasteiger partial charge in [0.15, 0.2) is 6.61 Å². The molecule has 0 saturated heterocycles. The summed E-state index contributed by atoms with van der Waals surface area (Å²) in [6.45, 7) is 1.40. The zero-order chi connectivity index (χ0) is 20.4. The van der Waals surface area contributed by atoms with Gasteiger partial charge in [-0.05, 0) is 30.7 Å². The summed E-state index contributed by atoms with van der Waals surface area (Å²) in [5, 5.41) is 2.64. The summed E-state index contributed by atoms with van der Waals surface area (Å²) in [7, 11) is 0. The van der Waals surface area contributed by atoms with E-state index < -0.39 is 30.3 Å². The number of carbonyl (C=O) groups is 4. The van der Waals surface area contributed by atoms with Crippen LogP contribution >= 0.6 is 0 Å². The fourth-order valence-corrected chi connectivity index (χ4v) is 2.18. The molecule has 8 heteroatoms. The lowest BCUT2D eigenvalue weighted by molar-refractivity contribution is -0.148. The van der Waals surface area contributed by atoms with E-state index in [4.69, 9.17) is 4.74 Å². The molecule has 0 aliphatic carbocycles. The Bertz CT molecular complexity index is 852.